The zero-order valence-corrected chi connectivity index (χ0v) is 10.8. The quantitative estimate of drug-likeness (QED) is 0.812. The van der Waals surface area contributed by atoms with Crippen LogP contribution in [0.5, 0.6) is 0 Å². The van der Waals surface area contributed by atoms with E-state index in [4.69, 9.17) is 5.73 Å². The molecule has 0 radical (unpaired) electrons. The Morgan fingerprint density at radius 2 is 1.84 bits per heavy atom. The van der Waals surface area contributed by atoms with Crippen molar-refractivity contribution < 1.29 is 9.18 Å². The molecule has 3 N–H and O–H groups in total. The molecule has 2 aromatic rings. The number of anilines is 2. The molecule has 2 aromatic carbocycles. The number of halogens is 1. The van der Waals surface area contributed by atoms with Crippen LogP contribution in [-0.2, 0) is 0 Å². The first-order valence-corrected chi connectivity index (χ1v) is 5.91. The summed E-state index contributed by atoms with van der Waals surface area (Å²) in [6.45, 7) is 3.49. The Hall–Kier alpha value is -2.36. The van der Waals surface area contributed by atoms with Gasteiger partial charge in [-0.1, -0.05) is 0 Å². The molecule has 0 bridgehead atoms. The molecular formula is C15H15FN2O. The number of benzene rings is 2. The predicted molar refractivity (Wildman–Crippen MR) is 74.7 cm³/mol. The lowest BCUT2D eigenvalue weighted by Gasteiger charge is -2.08. The Morgan fingerprint density at radius 1 is 1.11 bits per heavy atom. The van der Waals surface area contributed by atoms with Crippen LogP contribution in [-0.4, -0.2) is 5.91 Å². The van der Waals surface area contributed by atoms with Crippen LogP contribution in [0.4, 0.5) is 15.8 Å². The summed E-state index contributed by atoms with van der Waals surface area (Å²) >= 11 is 0. The van der Waals surface area contributed by atoms with E-state index in [1.807, 2.05) is 6.92 Å². The van der Waals surface area contributed by atoms with Gasteiger partial charge in [-0.25, -0.2) is 4.39 Å². The van der Waals surface area contributed by atoms with Crippen molar-refractivity contribution >= 4 is 17.3 Å². The van der Waals surface area contributed by atoms with Crippen LogP contribution in [0.3, 0.4) is 0 Å². The van der Waals surface area contributed by atoms with Crippen LogP contribution in [0.1, 0.15) is 21.5 Å². The van der Waals surface area contributed by atoms with Crippen LogP contribution in [0, 0.1) is 19.7 Å². The molecular weight excluding hydrogens is 243 g/mol. The molecule has 98 valence electrons. The number of hydrogen-bond donors (Lipinski definition) is 2. The van der Waals surface area contributed by atoms with Gasteiger partial charge in [0.05, 0.1) is 0 Å². The normalized spacial score (nSPS) is 10.3. The topological polar surface area (TPSA) is 55.1 Å². The predicted octanol–water partition coefficient (Wildman–Crippen LogP) is 3.28. The maximum absolute atomic E-state index is 13.1. The molecule has 0 atom stereocenters. The number of carbonyl (C=O) groups excluding carboxylic acids is 1. The van der Waals surface area contributed by atoms with E-state index in [-0.39, 0.29) is 11.7 Å². The van der Waals surface area contributed by atoms with Crippen molar-refractivity contribution in [2.24, 2.45) is 0 Å². The van der Waals surface area contributed by atoms with Gasteiger partial charge in [0, 0.05) is 16.9 Å². The Bertz CT molecular complexity index is 638. The van der Waals surface area contributed by atoms with E-state index in [0.29, 0.717) is 22.5 Å². The lowest BCUT2D eigenvalue weighted by molar-refractivity contribution is 0.102. The van der Waals surface area contributed by atoms with Crippen LogP contribution in [0.25, 0.3) is 0 Å². The highest BCUT2D eigenvalue weighted by atomic mass is 19.1. The zero-order chi connectivity index (χ0) is 14.0. The standard InChI is InChI=1S/C15H15FN2O/c1-9-8-12(4-5-13(9)16)18-15(19)11-3-6-14(17)10(2)7-11/h3-8H,17H2,1-2H3,(H,18,19). The number of amides is 1. The summed E-state index contributed by atoms with van der Waals surface area (Å²) in [5.41, 5.74) is 8.78. The Labute approximate surface area is 111 Å². The molecule has 0 aliphatic rings. The highest BCUT2D eigenvalue weighted by Crippen LogP contribution is 2.17. The molecule has 0 heterocycles. The fourth-order valence-corrected chi connectivity index (χ4v) is 1.74. The molecule has 1 amide bonds. The van der Waals surface area contributed by atoms with Crippen molar-refractivity contribution in [3.8, 4) is 0 Å². The maximum atomic E-state index is 13.1. The maximum Gasteiger partial charge on any atom is 0.255 e. The van der Waals surface area contributed by atoms with Gasteiger partial charge in [-0.3, -0.25) is 4.79 Å². The summed E-state index contributed by atoms with van der Waals surface area (Å²) in [5, 5.41) is 2.73. The average Bonchev–Trinajstić information content (AvgIpc) is 2.37. The third-order valence-corrected chi connectivity index (χ3v) is 2.95. The molecule has 2 rings (SSSR count). The number of carbonyl (C=O) groups is 1. The third kappa shape index (κ3) is 2.91. The Kier molecular flexibility index (Phi) is 3.51. The number of hydrogen-bond acceptors (Lipinski definition) is 2. The van der Waals surface area contributed by atoms with Crippen molar-refractivity contribution in [2.75, 3.05) is 11.1 Å². The van der Waals surface area contributed by atoms with Crippen molar-refractivity contribution in [3.63, 3.8) is 0 Å². The molecule has 0 unspecified atom stereocenters. The van der Waals surface area contributed by atoms with Gasteiger partial charge in [-0.05, 0) is 61.4 Å². The summed E-state index contributed by atoms with van der Waals surface area (Å²) in [4.78, 5) is 12.0. The van der Waals surface area contributed by atoms with Crippen LogP contribution < -0.4 is 11.1 Å². The van der Waals surface area contributed by atoms with Gasteiger partial charge in [0.25, 0.3) is 5.91 Å². The lowest BCUT2D eigenvalue weighted by Crippen LogP contribution is -2.12. The summed E-state index contributed by atoms with van der Waals surface area (Å²) in [6.07, 6.45) is 0. The highest BCUT2D eigenvalue weighted by molar-refractivity contribution is 6.04. The first kappa shape index (κ1) is 13.1. The van der Waals surface area contributed by atoms with E-state index in [1.54, 1.807) is 31.2 Å². The Balaban J connectivity index is 2.20. The molecule has 0 saturated carbocycles. The summed E-state index contributed by atoms with van der Waals surface area (Å²) in [7, 11) is 0. The van der Waals surface area contributed by atoms with Gasteiger partial charge >= 0.3 is 0 Å². The minimum absolute atomic E-state index is 0.242. The van der Waals surface area contributed by atoms with E-state index in [2.05, 4.69) is 5.32 Å². The van der Waals surface area contributed by atoms with Crippen LogP contribution >= 0.6 is 0 Å². The minimum atomic E-state index is -0.290. The lowest BCUT2D eigenvalue weighted by atomic mass is 10.1. The van der Waals surface area contributed by atoms with Crippen molar-refractivity contribution in [3.05, 3.63) is 58.9 Å². The van der Waals surface area contributed by atoms with Crippen molar-refractivity contribution in [2.45, 2.75) is 13.8 Å². The van der Waals surface area contributed by atoms with E-state index in [9.17, 15) is 9.18 Å². The summed E-state index contributed by atoms with van der Waals surface area (Å²) in [5.74, 6) is -0.532. The second-order valence-corrected chi connectivity index (χ2v) is 4.49. The number of aryl methyl sites for hydroxylation is 2. The van der Waals surface area contributed by atoms with E-state index < -0.39 is 0 Å². The van der Waals surface area contributed by atoms with Gasteiger partial charge in [-0.15, -0.1) is 0 Å². The summed E-state index contributed by atoms with van der Waals surface area (Å²) < 4.78 is 13.1. The van der Waals surface area contributed by atoms with Crippen molar-refractivity contribution in [1.29, 1.82) is 0 Å². The fraction of sp³-hybridized carbons (Fsp3) is 0.133. The molecule has 0 aromatic heterocycles. The number of nitrogens with two attached hydrogens (primary N) is 1. The highest BCUT2D eigenvalue weighted by Gasteiger charge is 2.08. The molecule has 0 spiro atoms. The molecule has 19 heavy (non-hydrogen) atoms. The Morgan fingerprint density at radius 3 is 2.47 bits per heavy atom. The number of nitrogens with one attached hydrogen (secondary N) is 1. The van der Waals surface area contributed by atoms with Gasteiger partial charge < -0.3 is 11.1 Å². The zero-order valence-electron chi connectivity index (χ0n) is 10.8. The van der Waals surface area contributed by atoms with Gasteiger partial charge in [-0.2, -0.15) is 0 Å². The van der Waals surface area contributed by atoms with E-state index in [1.165, 1.54) is 12.1 Å². The third-order valence-electron chi connectivity index (χ3n) is 2.95. The fourth-order valence-electron chi connectivity index (χ4n) is 1.74. The first-order chi connectivity index (χ1) is 8.97. The van der Waals surface area contributed by atoms with Gasteiger partial charge in [0.2, 0.25) is 0 Å². The van der Waals surface area contributed by atoms with Crippen LogP contribution in [0.2, 0.25) is 0 Å². The second-order valence-electron chi connectivity index (χ2n) is 4.49. The number of rotatable bonds is 2. The second kappa shape index (κ2) is 5.10. The molecule has 0 saturated heterocycles. The molecule has 4 heteroatoms. The molecule has 0 aliphatic carbocycles. The smallest absolute Gasteiger partial charge is 0.255 e. The first-order valence-electron chi connectivity index (χ1n) is 5.91. The molecule has 0 aliphatic heterocycles. The van der Waals surface area contributed by atoms with Gasteiger partial charge in [0.1, 0.15) is 5.82 Å². The largest absolute Gasteiger partial charge is 0.399 e. The van der Waals surface area contributed by atoms with E-state index in [0.717, 1.165) is 5.56 Å². The van der Waals surface area contributed by atoms with Crippen molar-refractivity contribution in [1.82, 2.24) is 0 Å². The summed E-state index contributed by atoms with van der Waals surface area (Å²) in [6, 6.07) is 9.54. The minimum Gasteiger partial charge on any atom is -0.399 e. The number of nitrogen functional groups attached to an aromatic ring is 1. The van der Waals surface area contributed by atoms with Crippen LogP contribution in [0.15, 0.2) is 36.4 Å². The monoisotopic (exact) mass is 258 g/mol. The van der Waals surface area contributed by atoms with Gasteiger partial charge in [0.15, 0.2) is 0 Å². The SMILES string of the molecule is Cc1cc(C(=O)Nc2ccc(F)c(C)c2)ccc1N. The molecule has 0 fully saturated rings. The average molecular weight is 258 g/mol. The molecule has 3 nitrogen and oxygen atoms in total. The van der Waals surface area contributed by atoms with E-state index >= 15 is 0 Å².